The van der Waals surface area contributed by atoms with E-state index in [-0.39, 0.29) is 52.6 Å². The number of rotatable bonds is 8. The Bertz CT molecular complexity index is 1750. The van der Waals surface area contributed by atoms with Crippen molar-refractivity contribution in [2.24, 2.45) is 0 Å². The van der Waals surface area contributed by atoms with Gasteiger partial charge < -0.3 is 33.2 Å². The number of carbonyl (C=O) groups excluding carboxylic acids is 1. The van der Waals surface area contributed by atoms with Gasteiger partial charge in [-0.2, -0.15) is 0 Å². The molecule has 0 aliphatic carbocycles. The van der Waals surface area contributed by atoms with Gasteiger partial charge in [0.25, 0.3) is 0 Å². The van der Waals surface area contributed by atoms with Crippen molar-refractivity contribution in [3.8, 4) is 28.5 Å². The maximum absolute atomic E-state index is 13.0. The van der Waals surface area contributed by atoms with Crippen LogP contribution in [0.2, 0.25) is 5.02 Å². The van der Waals surface area contributed by atoms with E-state index in [0.717, 1.165) is 0 Å². The number of aliphatic carboxylic acids is 1. The van der Waals surface area contributed by atoms with Crippen molar-refractivity contribution in [1.29, 1.82) is 0 Å². The van der Waals surface area contributed by atoms with Gasteiger partial charge in [0.1, 0.15) is 29.0 Å². The Hall–Kier alpha value is -3.38. The molecule has 1 atom stereocenters. The molecular weight excluding hydrogens is 576 g/mol. The summed E-state index contributed by atoms with van der Waals surface area (Å²) in [7, 11) is 1.53. The molecule has 5 rings (SSSR count). The van der Waals surface area contributed by atoms with Crippen LogP contribution in [0.4, 0.5) is 13.2 Å². The second-order valence-corrected chi connectivity index (χ2v) is 9.42. The van der Waals surface area contributed by atoms with Crippen LogP contribution in [-0.4, -0.2) is 35.3 Å². The van der Waals surface area contributed by atoms with E-state index in [1.807, 2.05) is 6.92 Å². The first-order valence-corrected chi connectivity index (χ1v) is 12.3. The number of hydrogen-bond donors (Lipinski definition) is 0. The average molecular weight is 597 g/mol. The van der Waals surface area contributed by atoms with Crippen molar-refractivity contribution in [2.45, 2.75) is 32.9 Å². The Balaban J connectivity index is 0.00000387. The number of alkyl halides is 3. The van der Waals surface area contributed by atoms with Crippen LogP contribution in [0.3, 0.4) is 0 Å². The number of nitrogens with zero attached hydrogens (tertiary/aromatic N) is 2. The minimum absolute atomic E-state index is 0. The minimum atomic E-state index is -4.87. The van der Waals surface area contributed by atoms with Gasteiger partial charge in [0.05, 0.1) is 29.0 Å². The first-order chi connectivity index (χ1) is 18.9. The van der Waals surface area contributed by atoms with Crippen LogP contribution in [0, 0.1) is 6.92 Å². The Kier molecular flexibility index (Phi) is 8.84. The molecule has 5 aromatic rings. The van der Waals surface area contributed by atoms with E-state index in [2.05, 4.69) is 9.89 Å². The van der Waals surface area contributed by atoms with Crippen LogP contribution in [0.25, 0.3) is 33.1 Å². The van der Waals surface area contributed by atoms with Gasteiger partial charge in [-0.25, -0.2) is 0 Å². The number of carboxylic acid groups (broad SMARTS) is 1. The second-order valence-electron chi connectivity index (χ2n) is 9.01. The van der Waals surface area contributed by atoms with Crippen molar-refractivity contribution in [1.82, 2.24) is 9.72 Å². The average Bonchev–Trinajstić information content (AvgIpc) is 3.42. The van der Waals surface area contributed by atoms with Gasteiger partial charge in [-0.1, -0.05) is 22.8 Å². The topological polar surface area (TPSA) is 98.8 Å². The Morgan fingerprint density at radius 2 is 1.80 bits per heavy atom. The molecule has 0 bridgehead atoms. The first kappa shape index (κ1) is 30.6. The van der Waals surface area contributed by atoms with Crippen molar-refractivity contribution >= 4 is 39.4 Å². The molecule has 8 nitrogen and oxygen atoms in total. The number of carboxylic acids is 1. The third kappa shape index (κ3) is 6.28. The predicted molar refractivity (Wildman–Crippen MR) is 139 cm³/mol. The summed E-state index contributed by atoms with van der Waals surface area (Å²) in [4.78, 5) is 11.2. The molecule has 0 N–H and O–H groups in total. The minimum Gasteiger partial charge on any atom is -0.546 e. The number of aromatic nitrogens is 2. The van der Waals surface area contributed by atoms with Crippen LogP contribution in [0.15, 0.2) is 59.1 Å². The Morgan fingerprint density at radius 1 is 1.10 bits per heavy atom. The Labute approximate surface area is 258 Å². The quantitative estimate of drug-likeness (QED) is 0.254. The summed E-state index contributed by atoms with van der Waals surface area (Å²) < 4.78 is 61.4. The van der Waals surface area contributed by atoms with Crippen LogP contribution in [0.1, 0.15) is 18.2 Å². The molecule has 0 saturated heterocycles. The molecule has 0 aliphatic rings. The van der Waals surface area contributed by atoms with Crippen LogP contribution in [0.5, 0.6) is 17.2 Å². The zero-order valence-electron chi connectivity index (χ0n) is 22.3. The van der Waals surface area contributed by atoms with Gasteiger partial charge in [-0.05, 0) is 55.8 Å². The molecule has 0 amide bonds. The Morgan fingerprint density at radius 3 is 2.49 bits per heavy atom. The van der Waals surface area contributed by atoms with Gasteiger partial charge >= 0.3 is 35.9 Å². The smallest absolute Gasteiger partial charge is 0.546 e. The van der Waals surface area contributed by atoms with Crippen LogP contribution in [-0.2, 0) is 11.3 Å². The number of methoxy groups -OCH3 is 1. The summed E-state index contributed by atoms with van der Waals surface area (Å²) >= 11 is 6.21. The zero-order valence-corrected chi connectivity index (χ0v) is 25.1. The molecule has 2 aromatic heterocycles. The van der Waals surface area contributed by atoms with Gasteiger partial charge in [-0.3, -0.25) is 0 Å². The molecule has 0 saturated carbocycles. The van der Waals surface area contributed by atoms with Crippen LogP contribution >= 0.6 is 11.6 Å². The second kappa shape index (κ2) is 11.8. The van der Waals surface area contributed by atoms with Crippen molar-refractivity contribution in [2.75, 3.05) is 7.11 Å². The number of hydrogen-bond acceptors (Lipinski definition) is 7. The predicted octanol–water partition coefficient (Wildman–Crippen LogP) is 2.89. The summed E-state index contributed by atoms with van der Waals surface area (Å²) in [5.74, 6) is -1.09. The molecule has 0 aliphatic heterocycles. The van der Waals surface area contributed by atoms with E-state index < -0.39 is 18.4 Å². The van der Waals surface area contributed by atoms with E-state index in [0.29, 0.717) is 50.1 Å². The summed E-state index contributed by atoms with van der Waals surface area (Å²) in [5, 5.41) is 16.9. The molecule has 13 heteroatoms. The van der Waals surface area contributed by atoms with Crippen molar-refractivity contribution in [3.05, 3.63) is 70.9 Å². The molecule has 2 heterocycles. The van der Waals surface area contributed by atoms with E-state index in [9.17, 15) is 23.1 Å². The van der Waals surface area contributed by atoms with Gasteiger partial charge in [0.15, 0.2) is 5.58 Å². The third-order valence-electron chi connectivity index (χ3n) is 6.42. The van der Waals surface area contributed by atoms with Gasteiger partial charge in [-0.15, -0.1) is 13.2 Å². The molecule has 41 heavy (non-hydrogen) atoms. The van der Waals surface area contributed by atoms with Gasteiger partial charge in [0, 0.05) is 35.3 Å². The molecule has 208 valence electrons. The maximum atomic E-state index is 13.0. The molecule has 0 unspecified atom stereocenters. The SMILES string of the molecule is COc1ccc2c(-c3c(C)n(Cc4ccc(Cl)c(O[C@H](C)C(=O)[O-])c4)c4cc(OC(F)(F)F)ccc34)noc2c1.[Na+]. The molecular formula is C28H21ClF3N2NaO6. The van der Waals surface area contributed by atoms with Crippen LogP contribution < -0.4 is 48.9 Å². The fraction of sp³-hybridized carbons (Fsp3) is 0.214. The number of benzene rings is 3. The third-order valence-corrected chi connectivity index (χ3v) is 6.73. The number of ether oxygens (including phenoxy) is 3. The fourth-order valence-corrected chi connectivity index (χ4v) is 4.70. The zero-order chi connectivity index (χ0) is 28.8. The van der Waals surface area contributed by atoms with Gasteiger partial charge in [0.2, 0.25) is 0 Å². The number of fused-ring (bicyclic) bond motifs is 2. The summed E-state index contributed by atoms with van der Waals surface area (Å²) in [6.07, 6.45) is -6.13. The molecule has 3 aromatic carbocycles. The number of halogens is 4. The maximum Gasteiger partial charge on any atom is 1.00 e. The molecule has 0 spiro atoms. The fourth-order valence-electron chi connectivity index (χ4n) is 4.54. The standard InChI is InChI=1S/C28H22ClF3N2O6.Na/c1-14-25(26-20-8-5-17(37-3)12-23(20)40-33-26)19-7-6-18(39-28(30,31)32)11-22(19)34(14)13-16-4-9-21(29)24(10-16)38-15(2)27(35)36;/h4-12,15H,13H2,1-3H3,(H,35,36);/q;+1/p-1/t15-;/m1./s1. The van der Waals surface area contributed by atoms with E-state index in [4.69, 9.17) is 25.6 Å². The largest absolute Gasteiger partial charge is 1.00 e. The monoisotopic (exact) mass is 596 g/mol. The summed E-state index contributed by atoms with van der Waals surface area (Å²) in [6, 6.07) is 14.2. The summed E-state index contributed by atoms with van der Waals surface area (Å²) in [5.41, 5.74) is 3.42. The first-order valence-electron chi connectivity index (χ1n) is 11.9. The van der Waals surface area contributed by atoms with E-state index in [1.165, 1.54) is 32.2 Å². The number of carbonyl (C=O) groups is 1. The normalized spacial score (nSPS) is 12.3. The van der Waals surface area contributed by atoms with Crippen molar-refractivity contribution in [3.63, 3.8) is 0 Å². The van der Waals surface area contributed by atoms with E-state index >= 15 is 0 Å². The molecule has 0 fully saturated rings. The molecule has 0 radical (unpaired) electrons. The summed E-state index contributed by atoms with van der Waals surface area (Å²) in [6.45, 7) is 3.30. The van der Waals surface area contributed by atoms with E-state index in [1.54, 1.807) is 41.0 Å². The van der Waals surface area contributed by atoms with Crippen molar-refractivity contribution < 1.29 is 71.4 Å².